The van der Waals surface area contributed by atoms with Gasteiger partial charge in [0.05, 0.1) is 5.56 Å². The summed E-state index contributed by atoms with van der Waals surface area (Å²) < 4.78 is 0. The summed E-state index contributed by atoms with van der Waals surface area (Å²) >= 11 is 0. The molecule has 0 bridgehead atoms. The van der Waals surface area contributed by atoms with Crippen LogP contribution in [0.4, 0.5) is 5.69 Å². The van der Waals surface area contributed by atoms with Crippen molar-refractivity contribution in [2.24, 2.45) is 0 Å². The molecule has 5 nitrogen and oxygen atoms in total. The zero-order valence-electron chi connectivity index (χ0n) is 15.0. The van der Waals surface area contributed by atoms with Crippen molar-refractivity contribution < 1.29 is 14.7 Å². The highest BCUT2D eigenvalue weighted by Gasteiger charge is 2.14. The second kappa shape index (κ2) is 7.40. The van der Waals surface area contributed by atoms with E-state index >= 15 is 0 Å². The molecule has 3 aromatic carbocycles. The van der Waals surface area contributed by atoms with Crippen LogP contribution < -0.4 is 5.32 Å². The molecule has 1 aromatic heterocycles. The first-order valence-corrected chi connectivity index (χ1v) is 8.88. The van der Waals surface area contributed by atoms with Gasteiger partial charge in [-0.25, -0.2) is 0 Å². The summed E-state index contributed by atoms with van der Waals surface area (Å²) in [6, 6.07) is 22.3. The minimum atomic E-state index is -0.193. The van der Waals surface area contributed by atoms with Gasteiger partial charge in [-0.15, -0.1) is 0 Å². The predicted molar refractivity (Wildman–Crippen MR) is 109 cm³/mol. The quantitative estimate of drug-likeness (QED) is 0.344. The van der Waals surface area contributed by atoms with E-state index < -0.39 is 0 Å². The first-order chi connectivity index (χ1) is 13.7. The largest absolute Gasteiger partial charge is 0.494 e. The van der Waals surface area contributed by atoms with Crippen molar-refractivity contribution in [1.82, 2.24) is 4.98 Å². The molecule has 0 amide bonds. The van der Waals surface area contributed by atoms with Crippen LogP contribution in [0.1, 0.15) is 31.8 Å². The number of anilines is 1. The van der Waals surface area contributed by atoms with Crippen molar-refractivity contribution in [1.29, 1.82) is 0 Å². The van der Waals surface area contributed by atoms with Crippen LogP contribution in [0.25, 0.3) is 10.9 Å². The van der Waals surface area contributed by atoms with E-state index in [1.807, 2.05) is 48.5 Å². The number of carbonyl (C=O) groups excluding carboxylic acids is 2. The monoisotopic (exact) mass is 370 g/mol. The molecule has 0 atom stereocenters. The highest BCUT2D eigenvalue weighted by molar-refractivity contribution is 6.12. The molecular weight excluding hydrogens is 352 g/mol. The van der Waals surface area contributed by atoms with Gasteiger partial charge in [-0.3, -0.25) is 9.59 Å². The third-order valence-corrected chi connectivity index (χ3v) is 4.66. The molecule has 4 rings (SSSR count). The average molecular weight is 370 g/mol. The van der Waals surface area contributed by atoms with Crippen LogP contribution in [0, 0.1) is 0 Å². The number of fused-ring (bicyclic) bond motifs is 1. The highest BCUT2D eigenvalue weighted by Crippen LogP contribution is 2.27. The lowest BCUT2D eigenvalue weighted by Gasteiger charge is -2.08. The molecule has 4 aromatic rings. The van der Waals surface area contributed by atoms with E-state index in [9.17, 15) is 14.7 Å². The van der Waals surface area contributed by atoms with E-state index in [0.29, 0.717) is 34.9 Å². The number of aldehydes is 1. The van der Waals surface area contributed by atoms with Gasteiger partial charge in [-0.05, 0) is 23.8 Å². The van der Waals surface area contributed by atoms with E-state index in [4.69, 9.17) is 0 Å². The molecule has 0 saturated carbocycles. The molecule has 0 fully saturated rings. The maximum atomic E-state index is 12.9. The number of aromatic hydroxyl groups is 1. The van der Waals surface area contributed by atoms with Crippen LogP contribution in [0.3, 0.4) is 0 Å². The van der Waals surface area contributed by atoms with Crippen molar-refractivity contribution in [2.45, 2.75) is 6.54 Å². The summed E-state index contributed by atoms with van der Waals surface area (Å²) in [6.07, 6.45) is 0.595. The van der Waals surface area contributed by atoms with Gasteiger partial charge in [0.2, 0.25) is 0 Å². The molecular formula is C23H18N2O3. The minimum absolute atomic E-state index is 0.132. The minimum Gasteiger partial charge on any atom is -0.494 e. The van der Waals surface area contributed by atoms with E-state index in [-0.39, 0.29) is 17.2 Å². The number of ketones is 1. The smallest absolute Gasteiger partial charge is 0.200 e. The number of hydrogen-bond donors (Lipinski definition) is 3. The molecule has 0 aliphatic rings. The van der Waals surface area contributed by atoms with Gasteiger partial charge in [0.25, 0.3) is 0 Å². The van der Waals surface area contributed by atoms with Gasteiger partial charge in [0, 0.05) is 34.3 Å². The van der Waals surface area contributed by atoms with Crippen LogP contribution in [0.15, 0.2) is 72.8 Å². The molecule has 3 N–H and O–H groups in total. The molecule has 28 heavy (non-hydrogen) atoms. The molecule has 0 aliphatic heterocycles. The zero-order chi connectivity index (χ0) is 19.5. The third kappa shape index (κ3) is 3.38. The number of aromatic amines is 1. The van der Waals surface area contributed by atoms with E-state index in [2.05, 4.69) is 10.3 Å². The lowest BCUT2D eigenvalue weighted by atomic mass is 10.0. The Balaban J connectivity index is 1.58. The van der Waals surface area contributed by atoms with E-state index in [1.54, 1.807) is 24.3 Å². The Morgan fingerprint density at radius 1 is 0.964 bits per heavy atom. The lowest BCUT2D eigenvalue weighted by molar-refractivity contribution is 0.103. The van der Waals surface area contributed by atoms with Gasteiger partial charge in [0.1, 0.15) is 0 Å². The van der Waals surface area contributed by atoms with Crippen LogP contribution in [0.2, 0.25) is 0 Å². The third-order valence-electron chi connectivity index (χ3n) is 4.66. The van der Waals surface area contributed by atoms with Gasteiger partial charge in [0.15, 0.2) is 17.9 Å². The predicted octanol–water partition coefficient (Wildman–Crippen LogP) is 4.53. The molecule has 0 radical (unpaired) electrons. The van der Waals surface area contributed by atoms with Crippen LogP contribution >= 0.6 is 0 Å². The van der Waals surface area contributed by atoms with Crippen LogP contribution in [-0.2, 0) is 6.54 Å². The number of aromatic nitrogens is 1. The fourth-order valence-electron chi connectivity index (χ4n) is 3.20. The van der Waals surface area contributed by atoms with Gasteiger partial charge in [-0.1, -0.05) is 54.6 Å². The van der Waals surface area contributed by atoms with E-state index in [1.165, 1.54) is 0 Å². The molecule has 5 heteroatoms. The lowest BCUT2D eigenvalue weighted by Crippen LogP contribution is -2.04. The number of H-pyrrole nitrogens is 1. The van der Waals surface area contributed by atoms with Gasteiger partial charge in [-0.2, -0.15) is 0 Å². The number of benzene rings is 3. The first-order valence-electron chi connectivity index (χ1n) is 8.88. The SMILES string of the molecule is O=Cc1c(O)[nH]c2cc(C(=O)c3cccc(NCc4ccccc4)c3)ccc12. The van der Waals surface area contributed by atoms with Crippen molar-refractivity contribution in [3.8, 4) is 5.88 Å². The molecule has 0 aliphatic carbocycles. The van der Waals surface area contributed by atoms with Gasteiger partial charge < -0.3 is 15.4 Å². The standard InChI is InChI=1S/C23H18N2O3/c26-14-20-19-10-9-17(12-21(19)25-23(20)28)22(27)16-7-4-8-18(11-16)24-13-15-5-2-1-3-6-15/h1-12,14,24-25,28H,13H2. The summed E-state index contributed by atoms with van der Waals surface area (Å²) in [4.78, 5) is 26.7. The number of nitrogens with one attached hydrogen (secondary N) is 2. The normalized spacial score (nSPS) is 10.7. The topological polar surface area (TPSA) is 82.2 Å². The summed E-state index contributed by atoms with van der Waals surface area (Å²) in [5, 5.41) is 13.7. The maximum Gasteiger partial charge on any atom is 0.200 e. The summed E-state index contributed by atoms with van der Waals surface area (Å²) in [5.41, 5.74) is 3.79. The van der Waals surface area contributed by atoms with Crippen LogP contribution in [0.5, 0.6) is 5.88 Å². The first kappa shape index (κ1) is 17.5. The number of carbonyl (C=O) groups is 2. The molecule has 1 heterocycles. The second-order valence-corrected chi connectivity index (χ2v) is 6.51. The molecule has 0 spiro atoms. The fourth-order valence-corrected chi connectivity index (χ4v) is 3.20. The summed E-state index contributed by atoms with van der Waals surface area (Å²) in [5.74, 6) is -0.325. The highest BCUT2D eigenvalue weighted by atomic mass is 16.3. The zero-order valence-corrected chi connectivity index (χ0v) is 15.0. The summed E-state index contributed by atoms with van der Waals surface area (Å²) in [6.45, 7) is 0.667. The maximum absolute atomic E-state index is 12.9. The fraction of sp³-hybridized carbons (Fsp3) is 0.0435. The van der Waals surface area contributed by atoms with Crippen LogP contribution in [-0.4, -0.2) is 22.2 Å². The Kier molecular flexibility index (Phi) is 4.64. The number of rotatable bonds is 6. The molecule has 0 saturated heterocycles. The summed E-state index contributed by atoms with van der Waals surface area (Å²) in [7, 11) is 0. The Labute approximate surface area is 161 Å². The van der Waals surface area contributed by atoms with E-state index in [0.717, 1.165) is 11.3 Å². The van der Waals surface area contributed by atoms with Crippen molar-refractivity contribution >= 4 is 28.7 Å². The Morgan fingerprint density at radius 3 is 2.54 bits per heavy atom. The Bertz CT molecular complexity index is 1160. The van der Waals surface area contributed by atoms with Crippen molar-refractivity contribution in [3.05, 3.63) is 95.1 Å². The molecule has 0 unspecified atom stereocenters. The Morgan fingerprint density at radius 2 is 1.75 bits per heavy atom. The van der Waals surface area contributed by atoms with Crippen molar-refractivity contribution in [3.63, 3.8) is 0 Å². The van der Waals surface area contributed by atoms with Gasteiger partial charge >= 0.3 is 0 Å². The van der Waals surface area contributed by atoms with Crippen molar-refractivity contribution in [2.75, 3.05) is 5.32 Å². The second-order valence-electron chi connectivity index (χ2n) is 6.51. The number of hydrogen-bond acceptors (Lipinski definition) is 4. The molecule has 138 valence electrons. The average Bonchev–Trinajstić information content (AvgIpc) is 3.06. The Hall–Kier alpha value is -3.86.